The number of rotatable bonds is 4. The standard InChI is InChI=1S/C19H14N2O6/c1-27-19(24)17-15(12-5-3-2-4-6-12)11-16(22)20(18(17)23)13-7-9-14(10-8-13)21(25)26/h2-11,23H,1H3. The van der Waals surface area contributed by atoms with E-state index >= 15 is 0 Å². The molecular formula is C19H14N2O6. The van der Waals surface area contributed by atoms with Crippen LogP contribution in [0.15, 0.2) is 65.5 Å². The van der Waals surface area contributed by atoms with Crippen molar-refractivity contribution in [1.82, 2.24) is 4.57 Å². The number of hydrogen-bond donors (Lipinski definition) is 1. The second-order valence-electron chi connectivity index (χ2n) is 5.56. The Morgan fingerprint density at radius 3 is 2.30 bits per heavy atom. The summed E-state index contributed by atoms with van der Waals surface area (Å²) in [6.45, 7) is 0. The number of nitrogens with zero attached hydrogens (tertiary/aromatic N) is 2. The van der Waals surface area contributed by atoms with Crippen molar-refractivity contribution in [3.8, 4) is 22.7 Å². The highest BCUT2D eigenvalue weighted by atomic mass is 16.6. The quantitative estimate of drug-likeness (QED) is 0.432. The largest absolute Gasteiger partial charge is 0.493 e. The average molecular weight is 366 g/mol. The molecule has 3 aromatic rings. The van der Waals surface area contributed by atoms with Crippen LogP contribution in [0.3, 0.4) is 0 Å². The van der Waals surface area contributed by atoms with Crippen molar-refractivity contribution in [3.63, 3.8) is 0 Å². The lowest BCUT2D eigenvalue weighted by Gasteiger charge is -2.15. The Morgan fingerprint density at radius 1 is 1.11 bits per heavy atom. The van der Waals surface area contributed by atoms with E-state index in [1.807, 2.05) is 0 Å². The lowest BCUT2D eigenvalue weighted by molar-refractivity contribution is -0.384. The molecule has 0 aliphatic carbocycles. The predicted molar refractivity (Wildman–Crippen MR) is 97.1 cm³/mol. The first-order chi connectivity index (χ1) is 12.9. The van der Waals surface area contributed by atoms with Crippen LogP contribution >= 0.6 is 0 Å². The highest BCUT2D eigenvalue weighted by molar-refractivity contribution is 5.99. The Bertz CT molecular complexity index is 1070. The van der Waals surface area contributed by atoms with Crippen molar-refractivity contribution in [2.45, 2.75) is 0 Å². The topological polar surface area (TPSA) is 112 Å². The van der Waals surface area contributed by atoms with Crippen LogP contribution in [0.5, 0.6) is 5.88 Å². The van der Waals surface area contributed by atoms with Crippen LogP contribution in [0, 0.1) is 10.1 Å². The molecule has 1 aromatic heterocycles. The maximum atomic E-state index is 12.6. The first-order valence-corrected chi connectivity index (χ1v) is 7.81. The second-order valence-corrected chi connectivity index (χ2v) is 5.56. The molecule has 0 fully saturated rings. The minimum atomic E-state index is -0.818. The number of hydrogen-bond acceptors (Lipinski definition) is 6. The molecule has 0 radical (unpaired) electrons. The number of benzene rings is 2. The molecule has 2 aromatic carbocycles. The highest BCUT2D eigenvalue weighted by Gasteiger charge is 2.24. The zero-order valence-corrected chi connectivity index (χ0v) is 14.2. The van der Waals surface area contributed by atoms with E-state index < -0.39 is 22.3 Å². The first kappa shape index (κ1) is 17.9. The third-order valence-corrected chi connectivity index (χ3v) is 3.99. The first-order valence-electron chi connectivity index (χ1n) is 7.81. The number of nitro benzene ring substituents is 1. The van der Waals surface area contributed by atoms with Gasteiger partial charge in [0.25, 0.3) is 11.2 Å². The molecule has 8 heteroatoms. The highest BCUT2D eigenvalue weighted by Crippen LogP contribution is 2.31. The molecule has 1 N–H and O–H groups in total. The molecule has 0 unspecified atom stereocenters. The number of methoxy groups -OCH3 is 1. The van der Waals surface area contributed by atoms with Gasteiger partial charge in [0.1, 0.15) is 5.56 Å². The lowest BCUT2D eigenvalue weighted by Crippen LogP contribution is -2.21. The van der Waals surface area contributed by atoms with Gasteiger partial charge < -0.3 is 9.84 Å². The Kier molecular flexibility index (Phi) is 4.71. The zero-order chi connectivity index (χ0) is 19.6. The van der Waals surface area contributed by atoms with E-state index in [4.69, 9.17) is 4.74 Å². The van der Waals surface area contributed by atoms with Crippen molar-refractivity contribution in [2.24, 2.45) is 0 Å². The van der Waals surface area contributed by atoms with Gasteiger partial charge in [0.2, 0.25) is 5.88 Å². The van der Waals surface area contributed by atoms with E-state index in [0.29, 0.717) is 5.56 Å². The Balaban J connectivity index is 2.27. The number of ether oxygens (including phenoxy) is 1. The molecule has 0 atom stereocenters. The van der Waals surface area contributed by atoms with Crippen LogP contribution in [-0.4, -0.2) is 27.7 Å². The van der Waals surface area contributed by atoms with E-state index in [9.17, 15) is 24.8 Å². The van der Waals surface area contributed by atoms with Crippen molar-refractivity contribution < 1.29 is 19.6 Å². The maximum absolute atomic E-state index is 12.6. The molecule has 0 saturated carbocycles. The number of esters is 1. The molecule has 8 nitrogen and oxygen atoms in total. The van der Waals surface area contributed by atoms with Crippen LogP contribution < -0.4 is 5.56 Å². The molecule has 0 aliphatic heterocycles. The molecule has 27 heavy (non-hydrogen) atoms. The van der Waals surface area contributed by atoms with E-state index in [1.165, 1.54) is 30.3 Å². The summed E-state index contributed by atoms with van der Waals surface area (Å²) in [5, 5.41) is 21.5. The molecule has 0 spiro atoms. The van der Waals surface area contributed by atoms with Crippen LogP contribution in [0.25, 0.3) is 16.8 Å². The molecule has 0 aliphatic rings. The molecule has 0 bridgehead atoms. The molecule has 0 amide bonds. The predicted octanol–water partition coefficient (Wildman–Crippen LogP) is 2.90. The summed E-state index contributed by atoms with van der Waals surface area (Å²) in [4.78, 5) is 35.1. The third-order valence-electron chi connectivity index (χ3n) is 3.99. The minimum Gasteiger partial charge on any atom is -0.493 e. The van der Waals surface area contributed by atoms with E-state index in [-0.39, 0.29) is 22.5 Å². The summed E-state index contributed by atoms with van der Waals surface area (Å²) in [7, 11) is 1.16. The van der Waals surface area contributed by atoms with Crippen molar-refractivity contribution in [1.29, 1.82) is 0 Å². The van der Waals surface area contributed by atoms with E-state index in [1.54, 1.807) is 30.3 Å². The van der Waals surface area contributed by atoms with Crippen molar-refractivity contribution >= 4 is 11.7 Å². The maximum Gasteiger partial charge on any atom is 0.343 e. The van der Waals surface area contributed by atoms with Crippen molar-refractivity contribution in [2.75, 3.05) is 7.11 Å². The summed E-state index contributed by atoms with van der Waals surface area (Å²) >= 11 is 0. The SMILES string of the molecule is COC(=O)c1c(-c2ccccc2)cc(=O)n(-c2ccc([N+](=O)[O-])cc2)c1O. The fourth-order valence-electron chi connectivity index (χ4n) is 2.72. The van der Waals surface area contributed by atoms with Crippen LogP contribution in [0.1, 0.15) is 10.4 Å². The van der Waals surface area contributed by atoms with Crippen LogP contribution in [0.4, 0.5) is 5.69 Å². The fraction of sp³-hybridized carbons (Fsp3) is 0.0526. The van der Waals surface area contributed by atoms with Gasteiger partial charge in [-0.25, -0.2) is 9.36 Å². The molecular weight excluding hydrogens is 352 g/mol. The number of aromatic hydroxyl groups is 1. The van der Waals surface area contributed by atoms with Crippen LogP contribution in [0.2, 0.25) is 0 Å². The van der Waals surface area contributed by atoms with E-state index in [0.717, 1.165) is 11.7 Å². The fourth-order valence-corrected chi connectivity index (χ4v) is 2.72. The molecule has 0 saturated heterocycles. The molecule has 1 heterocycles. The number of pyridine rings is 1. The minimum absolute atomic E-state index is 0.166. The number of nitro groups is 1. The van der Waals surface area contributed by atoms with Gasteiger partial charge in [-0.3, -0.25) is 14.9 Å². The third kappa shape index (κ3) is 3.28. The van der Waals surface area contributed by atoms with Crippen LogP contribution in [-0.2, 0) is 4.74 Å². The van der Waals surface area contributed by atoms with Crippen molar-refractivity contribution in [3.05, 3.63) is 86.7 Å². The Labute approximate surface area is 153 Å². The smallest absolute Gasteiger partial charge is 0.343 e. The van der Waals surface area contributed by atoms with Gasteiger partial charge in [0.05, 0.1) is 17.7 Å². The lowest BCUT2D eigenvalue weighted by atomic mass is 10.0. The van der Waals surface area contributed by atoms with Gasteiger partial charge >= 0.3 is 5.97 Å². The Morgan fingerprint density at radius 2 is 1.74 bits per heavy atom. The van der Waals surface area contributed by atoms with Gasteiger partial charge in [-0.2, -0.15) is 0 Å². The normalized spacial score (nSPS) is 10.4. The summed E-state index contributed by atoms with van der Waals surface area (Å²) in [6, 6.07) is 14.8. The summed E-state index contributed by atoms with van der Waals surface area (Å²) < 4.78 is 5.65. The van der Waals surface area contributed by atoms with Gasteiger partial charge in [-0.1, -0.05) is 30.3 Å². The number of carbonyl (C=O) groups excluding carboxylic acids is 1. The monoisotopic (exact) mass is 366 g/mol. The van der Waals surface area contributed by atoms with E-state index in [2.05, 4.69) is 0 Å². The Hall–Kier alpha value is -3.94. The summed E-state index contributed by atoms with van der Waals surface area (Å²) in [5.74, 6) is -1.43. The zero-order valence-electron chi connectivity index (χ0n) is 14.2. The summed E-state index contributed by atoms with van der Waals surface area (Å²) in [5.41, 5.74) is 0.00650. The summed E-state index contributed by atoms with van der Waals surface area (Å²) in [6.07, 6.45) is 0. The number of non-ortho nitro benzene ring substituents is 1. The van der Waals surface area contributed by atoms with Gasteiger partial charge in [0.15, 0.2) is 0 Å². The second kappa shape index (κ2) is 7.12. The number of aromatic nitrogens is 1. The van der Waals surface area contributed by atoms with Gasteiger partial charge in [0, 0.05) is 23.8 Å². The molecule has 136 valence electrons. The number of carbonyl (C=O) groups is 1. The van der Waals surface area contributed by atoms with Gasteiger partial charge in [-0.15, -0.1) is 0 Å². The average Bonchev–Trinajstić information content (AvgIpc) is 2.68. The molecule has 3 rings (SSSR count). The van der Waals surface area contributed by atoms with Gasteiger partial charge in [-0.05, 0) is 17.7 Å².